The molecule has 0 bridgehead atoms. The Morgan fingerprint density at radius 3 is 1.65 bits per heavy atom. The van der Waals surface area contributed by atoms with Gasteiger partial charge in [0.15, 0.2) is 6.29 Å². The molecule has 0 radical (unpaired) electrons. The first-order valence-electron chi connectivity index (χ1n) is 8.66. The van der Waals surface area contributed by atoms with Gasteiger partial charge in [-0.05, 0) is 20.3 Å². The summed E-state index contributed by atoms with van der Waals surface area (Å²) in [7, 11) is 0. The lowest BCUT2D eigenvalue weighted by Crippen LogP contribution is -2.23. The molecule has 0 fully saturated rings. The van der Waals surface area contributed by atoms with Crippen LogP contribution in [0.25, 0.3) is 0 Å². The van der Waals surface area contributed by atoms with Crippen LogP contribution in [0.15, 0.2) is 0 Å². The molecule has 0 rings (SSSR count). The Morgan fingerprint density at radius 2 is 1.15 bits per heavy atom. The lowest BCUT2D eigenvalue weighted by Gasteiger charge is -2.16. The second-order valence-electron chi connectivity index (χ2n) is 5.24. The van der Waals surface area contributed by atoms with Crippen molar-refractivity contribution in [3.8, 4) is 0 Å². The minimum atomic E-state index is -0.191. The van der Waals surface area contributed by atoms with E-state index in [9.17, 15) is 0 Å². The van der Waals surface area contributed by atoms with Gasteiger partial charge in [-0.25, -0.2) is 0 Å². The van der Waals surface area contributed by atoms with Gasteiger partial charge in [0.25, 0.3) is 0 Å². The highest BCUT2D eigenvalue weighted by Gasteiger charge is 2.07. The molecule has 0 unspecified atom stereocenters. The van der Waals surface area contributed by atoms with E-state index in [1.807, 2.05) is 13.8 Å². The van der Waals surface area contributed by atoms with Crippen LogP contribution in [-0.4, -0.2) is 32.7 Å². The minimum absolute atomic E-state index is 0.191. The Hall–Kier alpha value is -0.120. The number of hydrogen-bond acceptors (Lipinski definition) is 3. The van der Waals surface area contributed by atoms with E-state index in [0.29, 0.717) is 19.8 Å². The normalized spacial score (nSPS) is 11.4. The van der Waals surface area contributed by atoms with Crippen LogP contribution in [0.4, 0.5) is 0 Å². The SMILES string of the molecule is CCCCCCCCCCCOCC(OCC)OCC. The fraction of sp³-hybridized carbons (Fsp3) is 1.00. The highest BCUT2D eigenvalue weighted by molar-refractivity contribution is 4.47. The molecule has 0 aliphatic heterocycles. The Balaban J connectivity index is 3.18. The van der Waals surface area contributed by atoms with Crippen molar-refractivity contribution in [3.63, 3.8) is 0 Å². The molecule has 3 nitrogen and oxygen atoms in total. The molecule has 0 aliphatic rings. The summed E-state index contributed by atoms with van der Waals surface area (Å²) in [6, 6.07) is 0. The lowest BCUT2D eigenvalue weighted by molar-refractivity contribution is -0.167. The van der Waals surface area contributed by atoms with Crippen molar-refractivity contribution in [2.24, 2.45) is 0 Å². The van der Waals surface area contributed by atoms with Gasteiger partial charge in [-0.1, -0.05) is 58.3 Å². The van der Waals surface area contributed by atoms with Crippen LogP contribution in [0, 0.1) is 0 Å². The first kappa shape index (κ1) is 19.9. The number of hydrogen-bond donors (Lipinski definition) is 0. The second-order valence-corrected chi connectivity index (χ2v) is 5.24. The zero-order chi connectivity index (χ0) is 14.9. The van der Waals surface area contributed by atoms with Gasteiger partial charge in [0.1, 0.15) is 0 Å². The van der Waals surface area contributed by atoms with Crippen LogP contribution in [0.5, 0.6) is 0 Å². The molecule has 0 saturated heterocycles. The molecular weight excluding hydrogens is 252 g/mol. The van der Waals surface area contributed by atoms with E-state index in [0.717, 1.165) is 13.0 Å². The van der Waals surface area contributed by atoms with Gasteiger partial charge in [0.2, 0.25) is 0 Å². The van der Waals surface area contributed by atoms with Crippen LogP contribution >= 0.6 is 0 Å². The zero-order valence-corrected chi connectivity index (χ0v) is 14.0. The summed E-state index contributed by atoms with van der Waals surface area (Å²) in [5.74, 6) is 0. The van der Waals surface area contributed by atoms with E-state index in [1.165, 1.54) is 51.4 Å². The Kier molecular flexibility index (Phi) is 16.8. The van der Waals surface area contributed by atoms with Crippen molar-refractivity contribution in [1.82, 2.24) is 0 Å². The van der Waals surface area contributed by atoms with Crippen molar-refractivity contribution < 1.29 is 14.2 Å². The van der Waals surface area contributed by atoms with E-state index < -0.39 is 0 Å². The number of rotatable bonds is 16. The van der Waals surface area contributed by atoms with Crippen LogP contribution in [-0.2, 0) is 14.2 Å². The summed E-state index contributed by atoms with van der Waals surface area (Å²) < 4.78 is 16.5. The summed E-state index contributed by atoms with van der Waals surface area (Å²) in [6.45, 7) is 8.95. The third-order valence-electron chi connectivity index (χ3n) is 3.35. The van der Waals surface area contributed by atoms with Gasteiger partial charge in [-0.2, -0.15) is 0 Å². The Labute approximate surface area is 126 Å². The molecule has 3 heteroatoms. The molecule has 0 aromatic heterocycles. The highest BCUT2D eigenvalue weighted by atomic mass is 16.7. The first-order chi connectivity index (χ1) is 9.85. The fourth-order valence-electron chi connectivity index (χ4n) is 2.21. The Morgan fingerprint density at radius 1 is 0.650 bits per heavy atom. The topological polar surface area (TPSA) is 27.7 Å². The summed E-state index contributed by atoms with van der Waals surface area (Å²) in [4.78, 5) is 0. The quantitative estimate of drug-likeness (QED) is 0.297. The monoisotopic (exact) mass is 288 g/mol. The molecule has 20 heavy (non-hydrogen) atoms. The van der Waals surface area contributed by atoms with Crippen LogP contribution in [0.2, 0.25) is 0 Å². The molecule has 0 N–H and O–H groups in total. The average molecular weight is 288 g/mol. The van der Waals surface area contributed by atoms with Crippen molar-refractivity contribution >= 4 is 0 Å². The highest BCUT2D eigenvalue weighted by Crippen LogP contribution is 2.09. The van der Waals surface area contributed by atoms with Crippen molar-refractivity contribution in [1.29, 1.82) is 0 Å². The summed E-state index contributed by atoms with van der Waals surface area (Å²) in [5, 5.41) is 0. The molecule has 0 aromatic rings. The smallest absolute Gasteiger partial charge is 0.180 e. The van der Waals surface area contributed by atoms with Gasteiger partial charge in [-0.15, -0.1) is 0 Å². The molecule has 122 valence electrons. The predicted octanol–water partition coefficient (Wildman–Crippen LogP) is 4.93. The molecule has 0 aromatic carbocycles. The van der Waals surface area contributed by atoms with Gasteiger partial charge in [0.05, 0.1) is 6.61 Å². The average Bonchev–Trinajstić information content (AvgIpc) is 2.45. The summed E-state index contributed by atoms with van der Waals surface area (Å²) in [6.07, 6.45) is 11.9. The van der Waals surface area contributed by atoms with Crippen LogP contribution < -0.4 is 0 Å². The molecule has 0 saturated carbocycles. The third-order valence-corrected chi connectivity index (χ3v) is 3.35. The predicted molar refractivity (Wildman–Crippen MR) is 85.1 cm³/mol. The maximum atomic E-state index is 5.61. The molecule has 0 heterocycles. The first-order valence-corrected chi connectivity index (χ1v) is 8.66. The standard InChI is InChI=1S/C17H36O3/c1-4-7-8-9-10-11-12-13-14-15-18-16-17(19-5-2)20-6-3/h17H,4-16H2,1-3H3. The summed E-state index contributed by atoms with van der Waals surface area (Å²) in [5.41, 5.74) is 0. The number of ether oxygens (including phenoxy) is 3. The van der Waals surface area contributed by atoms with Crippen molar-refractivity contribution in [3.05, 3.63) is 0 Å². The van der Waals surface area contributed by atoms with Gasteiger partial charge >= 0.3 is 0 Å². The summed E-state index contributed by atoms with van der Waals surface area (Å²) >= 11 is 0. The zero-order valence-electron chi connectivity index (χ0n) is 14.0. The maximum absolute atomic E-state index is 5.61. The van der Waals surface area contributed by atoms with Gasteiger partial charge in [-0.3, -0.25) is 0 Å². The van der Waals surface area contributed by atoms with Gasteiger partial charge in [0, 0.05) is 19.8 Å². The molecule has 0 amide bonds. The van der Waals surface area contributed by atoms with Crippen molar-refractivity contribution in [2.75, 3.05) is 26.4 Å². The van der Waals surface area contributed by atoms with E-state index in [4.69, 9.17) is 14.2 Å². The third kappa shape index (κ3) is 14.3. The largest absolute Gasteiger partial charge is 0.376 e. The van der Waals surface area contributed by atoms with Crippen LogP contribution in [0.1, 0.15) is 78.6 Å². The van der Waals surface area contributed by atoms with E-state index in [1.54, 1.807) is 0 Å². The second kappa shape index (κ2) is 16.9. The van der Waals surface area contributed by atoms with E-state index in [2.05, 4.69) is 6.92 Å². The van der Waals surface area contributed by atoms with Crippen molar-refractivity contribution in [2.45, 2.75) is 84.8 Å². The molecular formula is C17H36O3. The van der Waals surface area contributed by atoms with Gasteiger partial charge < -0.3 is 14.2 Å². The molecule has 0 spiro atoms. The molecule has 0 atom stereocenters. The van der Waals surface area contributed by atoms with E-state index >= 15 is 0 Å². The lowest BCUT2D eigenvalue weighted by atomic mass is 10.1. The maximum Gasteiger partial charge on any atom is 0.180 e. The fourth-order valence-corrected chi connectivity index (χ4v) is 2.21. The minimum Gasteiger partial charge on any atom is -0.376 e. The van der Waals surface area contributed by atoms with E-state index in [-0.39, 0.29) is 6.29 Å². The molecule has 0 aliphatic carbocycles. The van der Waals surface area contributed by atoms with Crippen LogP contribution in [0.3, 0.4) is 0 Å². The Bertz CT molecular complexity index is 168. The number of unbranched alkanes of at least 4 members (excludes halogenated alkanes) is 8.